The molecule has 0 saturated carbocycles. The number of aliphatic hydroxyl groups excluding tert-OH is 1. The van der Waals surface area contributed by atoms with Gasteiger partial charge in [0, 0.05) is 22.7 Å². The van der Waals surface area contributed by atoms with Crippen LogP contribution in [0.15, 0.2) is 54.7 Å². The van der Waals surface area contributed by atoms with Gasteiger partial charge in [-0.05, 0) is 17.5 Å². The Morgan fingerprint density at radius 3 is 2.60 bits per heavy atom. The SMILES string of the molecule is CCc1cccc2c(C(=O)COC(=O)[C@@H](O)c3ccccc3)c[nH]c12. The fraction of sp³-hybridized carbons (Fsp3) is 0.200. The lowest BCUT2D eigenvalue weighted by Gasteiger charge is -2.10. The Kier molecular flexibility index (Phi) is 4.95. The molecule has 0 saturated heterocycles. The van der Waals surface area contributed by atoms with Crippen LogP contribution in [-0.4, -0.2) is 28.4 Å². The summed E-state index contributed by atoms with van der Waals surface area (Å²) in [5.74, 6) is -1.15. The number of aromatic amines is 1. The Morgan fingerprint density at radius 1 is 1.12 bits per heavy atom. The zero-order valence-electron chi connectivity index (χ0n) is 13.9. The average Bonchev–Trinajstić information content (AvgIpc) is 3.10. The van der Waals surface area contributed by atoms with Crippen LogP contribution in [0.25, 0.3) is 10.9 Å². The smallest absolute Gasteiger partial charge is 0.340 e. The minimum Gasteiger partial charge on any atom is -0.455 e. The van der Waals surface area contributed by atoms with E-state index in [1.165, 1.54) is 0 Å². The van der Waals surface area contributed by atoms with Crippen molar-refractivity contribution in [2.45, 2.75) is 19.4 Å². The minimum absolute atomic E-state index is 0.312. The molecule has 1 atom stereocenters. The molecule has 0 aliphatic heterocycles. The van der Waals surface area contributed by atoms with Crippen molar-refractivity contribution in [3.63, 3.8) is 0 Å². The number of hydrogen-bond donors (Lipinski definition) is 2. The number of rotatable bonds is 6. The number of carbonyl (C=O) groups excluding carboxylic acids is 2. The molecule has 0 bridgehead atoms. The molecule has 1 aromatic heterocycles. The molecule has 0 unspecified atom stereocenters. The average molecular weight is 337 g/mol. The highest BCUT2D eigenvalue weighted by Gasteiger charge is 2.21. The summed E-state index contributed by atoms with van der Waals surface area (Å²) in [6.45, 7) is 1.63. The number of nitrogens with one attached hydrogen (secondary N) is 1. The van der Waals surface area contributed by atoms with Crippen molar-refractivity contribution < 1.29 is 19.4 Å². The Hall–Kier alpha value is -2.92. The van der Waals surface area contributed by atoms with Gasteiger partial charge in [0.2, 0.25) is 5.78 Å². The number of benzene rings is 2. The molecule has 0 radical (unpaired) electrons. The minimum atomic E-state index is -1.40. The Bertz CT molecular complexity index is 898. The van der Waals surface area contributed by atoms with E-state index in [0.717, 1.165) is 22.9 Å². The first-order chi connectivity index (χ1) is 12.1. The van der Waals surface area contributed by atoms with Crippen molar-refractivity contribution in [1.29, 1.82) is 0 Å². The number of aryl methyl sites for hydroxylation is 1. The zero-order valence-corrected chi connectivity index (χ0v) is 13.9. The van der Waals surface area contributed by atoms with Crippen LogP contribution in [0, 0.1) is 0 Å². The third-order valence-corrected chi connectivity index (χ3v) is 4.17. The predicted molar refractivity (Wildman–Crippen MR) is 94.4 cm³/mol. The van der Waals surface area contributed by atoms with Gasteiger partial charge in [-0.2, -0.15) is 0 Å². The van der Waals surface area contributed by atoms with E-state index in [2.05, 4.69) is 4.98 Å². The lowest BCUT2D eigenvalue weighted by Crippen LogP contribution is -2.19. The van der Waals surface area contributed by atoms with Crippen LogP contribution in [0.2, 0.25) is 0 Å². The molecule has 0 fully saturated rings. The second kappa shape index (κ2) is 7.32. The lowest BCUT2D eigenvalue weighted by atomic mass is 10.1. The maximum atomic E-state index is 12.4. The summed E-state index contributed by atoms with van der Waals surface area (Å²) in [5.41, 5.74) is 2.95. The van der Waals surface area contributed by atoms with Gasteiger partial charge in [-0.25, -0.2) is 4.79 Å². The van der Waals surface area contributed by atoms with E-state index < -0.39 is 18.7 Å². The summed E-state index contributed by atoms with van der Waals surface area (Å²) >= 11 is 0. The molecular weight excluding hydrogens is 318 g/mol. The molecule has 5 heteroatoms. The first kappa shape index (κ1) is 16.9. The molecular formula is C20H19NO4. The maximum Gasteiger partial charge on any atom is 0.340 e. The third kappa shape index (κ3) is 3.46. The van der Waals surface area contributed by atoms with Crippen molar-refractivity contribution in [3.05, 3.63) is 71.4 Å². The number of H-pyrrole nitrogens is 1. The molecule has 0 amide bonds. The van der Waals surface area contributed by atoms with Crippen molar-refractivity contribution in [2.75, 3.05) is 6.61 Å². The fourth-order valence-corrected chi connectivity index (χ4v) is 2.81. The Labute approximate surface area is 145 Å². The number of aliphatic hydroxyl groups is 1. The number of fused-ring (bicyclic) bond motifs is 1. The highest BCUT2D eigenvalue weighted by atomic mass is 16.5. The molecule has 0 spiro atoms. The summed E-state index contributed by atoms with van der Waals surface area (Å²) in [7, 11) is 0. The summed E-state index contributed by atoms with van der Waals surface area (Å²) < 4.78 is 5.00. The molecule has 5 nitrogen and oxygen atoms in total. The van der Waals surface area contributed by atoms with Gasteiger partial charge < -0.3 is 14.8 Å². The van der Waals surface area contributed by atoms with E-state index in [1.807, 2.05) is 25.1 Å². The standard InChI is InChI=1S/C20H19NO4/c1-2-13-9-6-10-15-16(11-21-18(13)15)17(22)12-25-20(24)19(23)14-7-4-3-5-8-14/h3-11,19,21,23H,2,12H2,1H3/t19-/m0/s1. The summed E-state index contributed by atoms with van der Waals surface area (Å²) in [4.78, 5) is 27.5. The van der Waals surface area contributed by atoms with Crippen LogP contribution in [0.1, 0.15) is 34.5 Å². The Balaban J connectivity index is 1.70. The van der Waals surface area contributed by atoms with Gasteiger partial charge in [0.15, 0.2) is 12.7 Å². The number of Topliss-reactive ketones (excluding diaryl/α,β-unsaturated/α-hetero) is 1. The summed E-state index contributed by atoms with van der Waals surface area (Å²) in [6.07, 6.45) is 1.08. The van der Waals surface area contributed by atoms with Crippen molar-refractivity contribution in [2.24, 2.45) is 0 Å². The number of para-hydroxylation sites is 1. The molecule has 1 heterocycles. The molecule has 3 aromatic rings. The number of carbonyl (C=O) groups is 2. The second-order valence-electron chi connectivity index (χ2n) is 5.74. The van der Waals surface area contributed by atoms with E-state index in [-0.39, 0.29) is 5.78 Å². The van der Waals surface area contributed by atoms with Crippen LogP contribution in [0.4, 0.5) is 0 Å². The predicted octanol–water partition coefficient (Wildman–Crippen LogP) is 3.19. The lowest BCUT2D eigenvalue weighted by molar-refractivity contribution is -0.152. The largest absolute Gasteiger partial charge is 0.455 e. The van der Waals surface area contributed by atoms with Crippen LogP contribution in [-0.2, 0) is 16.0 Å². The third-order valence-electron chi connectivity index (χ3n) is 4.17. The maximum absolute atomic E-state index is 12.4. The highest BCUT2D eigenvalue weighted by Crippen LogP contribution is 2.23. The number of hydrogen-bond acceptors (Lipinski definition) is 4. The second-order valence-corrected chi connectivity index (χ2v) is 5.74. The van der Waals surface area contributed by atoms with Crippen LogP contribution in [0.5, 0.6) is 0 Å². The van der Waals surface area contributed by atoms with Crippen LogP contribution in [0.3, 0.4) is 0 Å². The summed E-state index contributed by atoms with van der Waals surface area (Å²) in [5, 5.41) is 10.8. The van der Waals surface area contributed by atoms with Crippen molar-refractivity contribution >= 4 is 22.7 Å². The van der Waals surface area contributed by atoms with E-state index in [0.29, 0.717) is 11.1 Å². The molecule has 2 N–H and O–H groups in total. The number of ether oxygens (including phenoxy) is 1. The van der Waals surface area contributed by atoms with Gasteiger partial charge in [0.05, 0.1) is 0 Å². The number of esters is 1. The molecule has 2 aromatic carbocycles. The monoisotopic (exact) mass is 337 g/mol. The van der Waals surface area contributed by atoms with Gasteiger partial charge >= 0.3 is 5.97 Å². The zero-order chi connectivity index (χ0) is 17.8. The first-order valence-corrected chi connectivity index (χ1v) is 8.13. The normalized spacial score (nSPS) is 12.1. The van der Waals surface area contributed by atoms with Crippen molar-refractivity contribution in [3.8, 4) is 0 Å². The van der Waals surface area contributed by atoms with E-state index >= 15 is 0 Å². The Morgan fingerprint density at radius 2 is 1.88 bits per heavy atom. The quantitative estimate of drug-likeness (QED) is 0.535. The van der Waals surface area contributed by atoms with Crippen molar-refractivity contribution in [1.82, 2.24) is 4.98 Å². The van der Waals surface area contributed by atoms with Gasteiger partial charge in [0.25, 0.3) is 0 Å². The van der Waals surface area contributed by atoms with E-state index in [4.69, 9.17) is 4.74 Å². The molecule has 3 rings (SSSR count). The molecule has 0 aliphatic rings. The van der Waals surface area contributed by atoms with Gasteiger partial charge in [-0.3, -0.25) is 4.79 Å². The first-order valence-electron chi connectivity index (χ1n) is 8.13. The van der Waals surface area contributed by atoms with E-state index in [1.54, 1.807) is 36.5 Å². The highest BCUT2D eigenvalue weighted by molar-refractivity contribution is 6.09. The number of ketones is 1. The van der Waals surface area contributed by atoms with E-state index in [9.17, 15) is 14.7 Å². The molecule has 128 valence electrons. The van der Waals surface area contributed by atoms with Crippen LogP contribution >= 0.6 is 0 Å². The molecule has 25 heavy (non-hydrogen) atoms. The fourth-order valence-electron chi connectivity index (χ4n) is 2.81. The van der Waals surface area contributed by atoms with Crippen LogP contribution < -0.4 is 0 Å². The summed E-state index contributed by atoms with van der Waals surface area (Å²) in [6, 6.07) is 14.2. The molecule has 0 aliphatic carbocycles. The van der Waals surface area contributed by atoms with Gasteiger partial charge in [-0.1, -0.05) is 55.5 Å². The topological polar surface area (TPSA) is 79.4 Å². The number of aromatic nitrogens is 1. The van der Waals surface area contributed by atoms with Gasteiger partial charge in [0.1, 0.15) is 0 Å². The van der Waals surface area contributed by atoms with Gasteiger partial charge in [-0.15, -0.1) is 0 Å².